The Morgan fingerprint density at radius 2 is 2.08 bits per heavy atom. The molecule has 1 amide bonds. The lowest BCUT2D eigenvalue weighted by Crippen LogP contribution is -2.51. The van der Waals surface area contributed by atoms with Crippen molar-refractivity contribution in [2.75, 3.05) is 13.3 Å². The van der Waals surface area contributed by atoms with Gasteiger partial charge in [0.2, 0.25) is 6.79 Å². The SMILES string of the molecule is NCC1(NC(=O)c2cnc(-c3ccc4c(c3)OCO4)s2)CCCC1. The van der Waals surface area contributed by atoms with Gasteiger partial charge >= 0.3 is 0 Å². The van der Waals surface area contributed by atoms with Crippen molar-refractivity contribution in [1.82, 2.24) is 10.3 Å². The Kier molecular flexibility index (Phi) is 3.90. The molecule has 7 heteroatoms. The molecule has 1 aliphatic carbocycles. The third-order valence-corrected chi connectivity index (χ3v) is 5.72. The first kappa shape index (κ1) is 15.4. The number of nitrogens with two attached hydrogens (primary N) is 1. The Hall–Kier alpha value is -2.12. The Morgan fingerprint density at radius 1 is 1.29 bits per heavy atom. The summed E-state index contributed by atoms with van der Waals surface area (Å²) in [4.78, 5) is 17.5. The highest BCUT2D eigenvalue weighted by Crippen LogP contribution is 2.37. The van der Waals surface area contributed by atoms with Gasteiger partial charge in [0.25, 0.3) is 5.91 Å². The van der Waals surface area contributed by atoms with Gasteiger partial charge < -0.3 is 20.5 Å². The molecule has 3 N–H and O–H groups in total. The van der Waals surface area contributed by atoms with E-state index in [1.54, 1.807) is 6.20 Å². The van der Waals surface area contributed by atoms with E-state index >= 15 is 0 Å². The predicted octanol–water partition coefficient (Wildman–Crippen LogP) is 2.54. The van der Waals surface area contributed by atoms with Crippen LogP contribution in [0.5, 0.6) is 11.5 Å². The maximum absolute atomic E-state index is 12.6. The molecule has 4 rings (SSSR count). The topological polar surface area (TPSA) is 86.5 Å². The Labute approximate surface area is 144 Å². The van der Waals surface area contributed by atoms with Crippen molar-refractivity contribution in [3.8, 4) is 22.1 Å². The normalized spacial score (nSPS) is 17.9. The molecule has 0 unspecified atom stereocenters. The average molecular weight is 345 g/mol. The van der Waals surface area contributed by atoms with E-state index in [9.17, 15) is 4.79 Å². The van der Waals surface area contributed by atoms with Crippen LogP contribution in [-0.4, -0.2) is 29.8 Å². The highest BCUT2D eigenvalue weighted by Gasteiger charge is 2.34. The highest BCUT2D eigenvalue weighted by molar-refractivity contribution is 7.16. The van der Waals surface area contributed by atoms with Gasteiger partial charge in [0, 0.05) is 12.1 Å². The lowest BCUT2D eigenvalue weighted by Gasteiger charge is -2.28. The molecule has 2 aromatic rings. The van der Waals surface area contributed by atoms with Crippen molar-refractivity contribution >= 4 is 17.2 Å². The first-order valence-corrected chi connectivity index (χ1v) is 8.89. The first-order chi connectivity index (χ1) is 11.7. The van der Waals surface area contributed by atoms with Crippen LogP contribution in [0.4, 0.5) is 0 Å². The summed E-state index contributed by atoms with van der Waals surface area (Å²) in [6, 6.07) is 5.67. The second-order valence-corrected chi connectivity index (χ2v) is 7.27. The summed E-state index contributed by atoms with van der Waals surface area (Å²) >= 11 is 1.37. The number of nitrogens with one attached hydrogen (secondary N) is 1. The summed E-state index contributed by atoms with van der Waals surface area (Å²) < 4.78 is 10.7. The van der Waals surface area contributed by atoms with E-state index in [-0.39, 0.29) is 18.2 Å². The van der Waals surface area contributed by atoms with Gasteiger partial charge in [-0.1, -0.05) is 12.8 Å². The number of rotatable bonds is 4. The summed E-state index contributed by atoms with van der Waals surface area (Å²) in [5.74, 6) is 1.35. The second kappa shape index (κ2) is 6.07. The molecule has 24 heavy (non-hydrogen) atoms. The number of amides is 1. The smallest absolute Gasteiger partial charge is 0.263 e. The van der Waals surface area contributed by atoms with Gasteiger partial charge in [-0.25, -0.2) is 4.98 Å². The fourth-order valence-corrected chi connectivity index (χ4v) is 4.08. The maximum atomic E-state index is 12.6. The summed E-state index contributed by atoms with van der Waals surface area (Å²) in [6.07, 6.45) is 5.75. The molecule has 2 aliphatic rings. The number of hydrogen-bond donors (Lipinski definition) is 2. The van der Waals surface area contributed by atoms with Gasteiger partial charge in [0.05, 0.1) is 11.7 Å². The number of nitrogens with zero attached hydrogens (tertiary/aromatic N) is 1. The first-order valence-electron chi connectivity index (χ1n) is 8.08. The maximum Gasteiger partial charge on any atom is 0.263 e. The highest BCUT2D eigenvalue weighted by atomic mass is 32.1. The van der Waals surface area contributed by atoms with E-state index in [1.165, 1.54) is 11.3 Å². The van der Waals surface area contributed by atoms with Crippen molar-refractivity contribution in [2.24, 2.45) is 5.73 Å². The zero-order valence-electron chi connectivity index (χ0n) is 13.2. The molecule has 1 aliphatic heterocycles. The summed E-state index contributed by atoms with van der Waals surface area (Å²) in [5, 5.41) is 3.91. The van der Waals surface area contributed by atoms with Crippen LogP contribution in [-0.2, 0) is 0 Å². The van der Waals surface area contributed by atoms with Crippen LogP contribution in [0.15, 0.2) is 24.4 Å². The molecule has 0 atom stereocenters. The quantitative estimate of drug-likeness (QED) is 0.889. The number of thiazole rings is 1. The fourth-order valence-electron chi connectivity index (χ4n) is 3.28. The van der Waals surface area contributed by atoms with Gasteiger partial charge in [-0.05, 0) is 31.0 Å². The molecule has 0 saturated heterocycles. The third-order valence-electron chi connectivity index (χ3n) is 4.68. The van der Waals surface area contributed by atoms with Gasteiger partial charge in [-0.2, -0.15) is 0 Å². The second-order valence-electron chi connectivity index (χ2n) is 6.24. The molecule has 126 valence electrons. The van der Waals surface area contributed by atoms with Crippen molar-refractivity contribution in [1.29, 1.82) is 0 Å². The zero-order valence-corrected chi connectivity index (χ0v) is 14.0. The van der Waals surface area contributed by atoms with Gasteiger partial charge in [0.1, 0.15) is 9.88 Å². The monoisotopic (exact) mass is 345 g/mol. The number of fused-ring (bicyclic) bond motifs is 1. The largest absolute Gasteiger partial charge is 0.454 e. The predicted molar refractivity (Wildman–Crippen MR) is 91.4 cm³/mol. The summed E-state index contributed by atoms with van der Waals surface area (Å²) in [5.41, 5.74) is 6.56. The molecule has 1 saturated carbocycles. The van der Waals surface area contributed by atoms with Crippen LogP contribution in [0.25, 0.3) is 10.6 Å². The molecule has 1 aromatic heterocycles. The minimum Gasteiger partial charge on any atom is -0.454 e. The average Bonchev–Trinajstić information content (AvgIpc) is 3.34. The van der Waals surface area contributed by atoms with Crippen LogP contribution in [0.3, 0.4) is 0 Å². The van der Waals surface area contributed by atoms with Crippen LogP contribution in [0.2, 0.25) is 0 Å². The number of benzene rings is 1. The van der Waals surface area contributed by atoms with Crippen molar-refractivity contribution in [2.45, 2.75) is 31.2 Å². The van der Waals surface area contributed by atoms with E-state index in [4.69, 9.17) is 15.2 Å². The molecular weight excluding hydrogens is 326 g/mol. The van der Waals surface area contributed by atoms with Gasteiger partial charge in [0.15, 0.2) is 11.5 Å². The minimum atomic E-state index is -0.250. The van der Waals surface area contributed by atoms with Crippen LogP contribution in [0, 0.1) is 0 Å². The van der Waals surface area contributed by atoms with E-state index in [2.05, 4.69) is 10.3 Å². The van der Waals surface area contributed by atoms with Crippen molar-refractivity contribution in [3.05, 3.63) is 29.3 Å². The van der Waals surface area contributed by atoms with E-state index in [0.29, 0.717) is 17.2 Å². The molecule has 0 radical (unpaired) electrons. The minimum absolute atomic E-state index is 0.0909. The lowest BCUT2D eigenvalue weighted by atomic mass is 9.98. The molecule has 0 bridgehead atoms. The Morgan fingerprint density at radius 3 is 2.88 bits per heavy atom. The summed E-state index contributed by atoms with van der Waals surface area (Å²) in [6.45, 7) is 0.720. The van der Waals surface area contributed by atoms with Crippen molar-refractivity contribution in [3.63, 3.8) is 0 Å². The molecular formula is C17H19N3O3S. The number of hydrogen-bond acceptors (Lipinski definition) is 6. The fraction of sp³-hybridized carbons (Fsp3) is 0.412. The van der Waals surface area contributed by atoms with Crippen LogP contribution in [0.1, 0.15) is 35.4 Å². The molecule has 1 aromatic carbocycles. The molecule has 1 fully saturated rings. The zero-order chi connectivity index (χ0) is 16.6. The van der Waals surface area contributed by atoms with Crippen LogP contribution >= 0.6 is 11.3 Å². The standard InChI is InChI=1S/C17H19N3O3S/c18-9-17(5-1-2-6-17)20-15(21)14-8-19-16(24-14)11-3-4-12-13(7-11)23-10-22-12/h3-4,7-8H,1-2,5-6,9-10,18H2,(H,20,21). The molecule has 6 nitrogen and oxygen atoms in total. The summed E-state index contributed by atoms with van der Waals surface area (Å²) in [7, 11) is 0. The van der Waals surface area contributed by atoms with Gasteiger partial charge in [-0.3, -0.25) is 4.79 Å². The van der Waals surface area contributed by atoms with Gasteiger partial charge in [-0.15, -0.1) is 11.3 Å². The number of carbonyl (C=O) groups excluding carboxylic acids is 1. The number of ether oxygens (including phenoxy) is 2. The molecule has 2 heterocycles. The Balaban J connectivity index is 1.53. The Bertz CT molecular complexity index is 768. The van der Waals surface area contributed by atoms with Crippen LogP contribution < -0.4 is 20.5 Å². The van der Waals surface area contributed by atoms with E-state index in [1.807, 2.05) is 18.2 Å². The van der Waals surface area contributed by atoms with Crippen molar-refractivity contribution < 1.29 is 14.3 Å². The van der Waals surface area contributed by atoms with E-state index < -0.39 is 0 Å². The van der Waals surface area contributed by atoms with E-state index in [0.717, 1.165) is 42.0 Å². The number of carbonyl (C=O) groups is 1. The molecule has 0 spiro atoms. The lowest BCUT2D eigenvalue weighted by molar-refractivity contribution is 0.0907. The number of aromatic nitrogens is 1. The third kappa shape index (κ3) is 2.74.